The second-order valence-corrected chi connectivity index (χ2v) is 1.78. The Bertz CT molecular complexity index is 318. The zero-order valence-electron chi connectivity index (χ0n) is 7.00. The first-order chi connectivity index (χ1) is 5.54. The Morgan fingerprint density at radius 3 is 2.00 bits per heavy atom. The molecular formula is C3H4N5NaO5. The third-order valence-electron chi connectivity index (χ3n) is 1.07. The smallest absolute Gasteiger partial charge is 0.459 e. The van der Waals surface area contributed by atoms with Crippen LogP contribution in [-0.2, 0) is 0 Å². The standard InChI is InChI=1S/C3H2N5O4.Na.H2O/c4-1-2(7(9)10)5-6-3(1)8(11)12;;/h4H2;;1H2/q-1;+1;. The van der Waals surface area contributed by atoms with Crippen molar-refractivity contribution in [3.05, 3.63) is 20.2 Å². The molecule has 1 aromatic rings. The van der Waals surface area contributed by atoms with Crippen LogP contribution in [0, 0.1) is 20.2 Å². The number of nitrogen functional groups attached to an aromatic ring is 1. The summed E-state index contributed by atoms with van der Waals surface area (Å²) >= 11 is 0. The molecule has 0 aliphatic carbocycles. The zero-order valence-corrected chi connectivity index (χ0v) is 9.00. The molecule has 0 saturated carbocycles. The van der Waals surface area contributed by atoms with Crippen LogP contribution in [0.1, 0.15) is 0 Å². The summed E-state index contributed by atoms with van der Waals surface area (Å²) in [5, 5.41) is 26.0. The van der Waals surface area contributed by atoms with Gasteiger partial charge in [0.25, 0.3) is 0 Å². The number of rotatable bonds is 2. The minimum absolute atomic E-state index is 0. The number of hydrogen-bond acceptors (Lipinski definition) is 6. The van der Waals surface area contributed by atoms with E-state index in [0.717, 1.165) is 0 Å². The van der Waals surface area contributed by atoms with Crippen LogP contribution in [0.25, 0.3) is 0 Å². The van der Waals surface area contributed by atoms with Crippen LogP contribution in [0.4, 0.5) is 17.3 Å². The first-order valence-electron chi connectivity index (χ1n) is 2.61. The molecule has 0 radical (unpaired) electrons. The first-order valence-corrected chi connectivity index (χ1v) is 2.61. The van der Waals surface area contributed by atoms with Crippen molar-refractivity contribution in [1.82, 2.24) is 10.2 Å². The van der Waals surface area contributed by atoms with Crippen molar-refractivity contribution in [3.63, 3.8) is 0 Å². The Hall–Kier alpha value is -1.23. The van der Waals surface area contributed by atoms with Crippen LogP contribution in [-0.4, -0.2) is 20.4 Å². The summed E-state index contributed by atoms with van der Waals surface area (Å²) in [6, 6.07) is 0. The Labute approximate surface area is 98.4 Å². The molecule has 0 aliphatic rings. The minimum Gasteiger partial charge on any atom is -0.459 e. The average molecular weight is 213 g/mol. The molecule has 1 heterocycles. The number of aromatic nitrogens is 2. The summed E-state index contributed by atoms with van der Waals surface area (Å²) in [5.41, 5.74) is 4.38. The van der Waals surface area contributed by atoms with Crippen molar-refractivity contribution in [2.24, 2.45) is 0 Å². The molecule has 0 aromatic carbocycles. The Balaban J connectivity index is 0. The third kappa shape index (κ3) is 2.63. The summed E-state index contributed by atoms with van der Waals surface area (Å²) in [6.45, 7) is 0. The molecule has 0 amide bonds. The molecule has 0 spiro atoms. The number of nitro groups is 2. The Kier molecular flexibility index (Phi) is 5.98. The molecule has 1 aromatic heterocycles. The first kappa shape index (κ1) is 15.3. The normalized spacial score (nSPS) is 8.29. The van der Waals surface area contributed by atoms with Crippen molar-refractivity contribution in [1.29, 1.82) is 0 Å². The molecule has 11 heteroatoms. The fourth-order valence-electron chi connectivity index (χ4n) is 0.572. The van der Waals surface area contributed by atoms with Gasteiger partial charge in [-0.05, 0) is 10.0 Å². The van der Waals surface area contributed by atoms with E-state index in [0.29, 0.717) is 0 Å². The Morgan fingerprint density at radius 2 is 1.79 bits per heavy atom. The SMILES string of the molecule is Nc1c([N+](=O)[O-])n[n-]c1[N+](=O)[O-].O.[Na+]. The van der Waals surface area contributed by atoms with Gasteiger partial charge in [-0.1, -0.05) is 0 Å². The number of nitrogens with zero attached hydrogens (tertiary/aromatic N) is 4. The summed E-state index contributed by atoms with van der Waals surface area (Å²) < 4.78 is 0. The molecule has 0 saturated heterocycles. The topological polar surface area (TPSA) is 171 Å². The van der Waals surface area contributed by atoms with Crippen LogP contribution in [0.3, 0.4) is 0 Å². The summed E-state index contributed by atoms with van der Waals surface area (Å²) in [4.78, 5) is 18.2. The van der Waals surface area contributed by atoms with Gasteiger partial charge in [0.1, 0.15) is 0 Å². The maximum atomic E-state index is 10.1. The third-order valence-corrected chi connectivity index (χ3v) is 1.07. The van der Waals surface area contributed by atoms with E-state index in [1.807, 2.05) is 0 Å². The Morgan fingerprint density at radius 1 is 1.29 bits per heavy atom. The van der Waals surface area contributed by atoms with Crippen LogP contribution >= 0.6 is 0 Å². The fraction of sp³-hybridized carbons (Fsp3) is 0. The number of hydrogen-bond donors (Lipinski definition) is 1. The van der Waals surface area contributed by atoms with E-state index in [1.54, 1.807) is 0 Å². The monoisotopic (exact) mass is 213 g/mol. The molecule has 0 atom stereocenters. The van der Waals surface area contributed by atoms with E-state index in [9.17, 15) is 20.2 Å². The zero-order chi connectivity index (χ0) is 9.30. The van der Waals surface area contributed by atoms with E-state index in [-0.39, 0.29) is 35.0 Å². The van der Waals surface area contributed by atoms with Gasteiger partial charge >= 0.3 is 35.4 Å². The minimum atomic E-state index is -0.935. The average Bonchev–Trinajstić information content (AvgIpc) is 2.30. The molecule has 14 heavy (non-hydrogen) atoms. The van der Waals surface area contributed by atoms with E-state index < -0.39 is 27.2 Å². The van der Waals surface area contributed by atoms with Gasteiger partial charge < -0.3 is 31.4 Å². The van der Waals surface area contributed by atoms with Crippen molar-refractivity contribution >= 4 is 17.3 Å². The molecule has 0 aliphatic heterocycles. The molecule has 0 fully saturated rings. The van der Waals surface area contributed by atoms with Crippen LogP contribution in [0.15, 0.2) is 0 Å². The van der Waals surface area contributed by atoms with Gasteiger partial charge in [-0.15, -0.1) is 0 Å². The summed E-state index contributed by atoms with van der Waals surface area (Å²) in [7, 11) is 0. The molecule has 10 nitrogen and oxygen atoms in total. The second-order valence-electron chi connectivity index (χ2n) is 1.78. The predicted octanol–water partition coefficient (Wildman–Crippen LogP) is -4.38. The van der Waals surface area contributed by atoms with E-state index in [4.69, 9.17) is 5.73 Å². The van der Waals surface area contributed by atoms with Gasteiger partial charge in [-0.25, -0.2) is 0 Å². The summed E-state index contributed by atoms with van der Waals surface area (Å²) in [6.07, 6.45) is 0. The van der Waals surface area contributed by atoms with Crippen molar-refractivity contribution in [2.75, 3.05) is 5.73 Å². The van der Waals surface area contributed by atoms with E-state index >= 15 is 0 Å². The molecule has 0 unspecified atom stereocenters. The fourth-order valence-corrected chi connectivity index (χ4v) is 0.572. The molecule has 4 N–H and O–H groups in total. The molecule has 1 rings (SSSR count). The maximum absolute atomic E-state index is 10.1. The van der Waals surface area contributed by atoms with Gasteiger partial charge in [0.2, 0.25) is 5.82 Å². The van der Waals surface area contributed by atoms with Gasteiger partial charge in [0.05, 0.1) is 5.10 Å². The molecule has 72 valence electrons. The predicted molar refractivity (Wildman–Crippen MR) is 38.9 cm³/mol. The molecular weight excluding hydrogens is 209 g/mol. The van der Waals surface area contributed by atoms with Crippen LogP contribution < -0.4 is 40.4 Å². The van der Waals surface area contributed by atoms with Crippen molar-refractivity contribution in [2.45, 2.75) is 0 Å². The summed E-state index contributed by atoms with van der Waals surface area (Å²) in [5.74, 6) is -1.58. The number of anilines is 1. The van der Waals surface area contributed by atoms with E-state index in [2.05, 4.69) is 10.2 Å². The maximum Gasteiger partial charge on any atom is 1.00 e. The van der Waals surface area contributed by atoms with Crippen LogP contribution in [0.2, 0.25) is 0 Å². The van der Waals surface area contributed by atoms with Crippen molar-refractivity contribution in [3.8, 4) is 0 Å². The molecule has 0 bridgehead atoms. The van der Waals surface area contributed by atoms with Gasteiger partial charge in [0, 0.05) is 0 Å². The van der Waals surface area contributed by atoms with Crippen molar-refractivity contribution < 1.29 is 44.9 Å². The van der Waals surface area contributed by atoms with Crippen LogP contribution in [0.5, 0.6) is 0 Å². The second kappa shape index (κ2) is 5.49. The van der Waals surface area contributed by atoms with Gasteiger partial charge in [-0.3, -0.25) is 0 Å². The number of nitrogens with two attached hydrogens (primary N) is 1. The quantitative estimate of drug-likeness (QED) is 0.293. The van der Waals surface area contributed by atoms with E-state index in [1.165, 1.54) is 0 Å². The van der Waals surface area contributed by atoms with Gasteiger partial charge in [-0.2, -0.15) is 4.92 Å². The van der Waals surface area contributed by atoms with Gasteiger partial charge in [0.15, 0.2) is 5.69 Å². The largest absolute Gasteiger partial charge is 1.00 e.